The first-order valence-corrected chi connectivity index (χ1v) is 10.6. The molecule has 2 heterocycles. The van der Waals surface area contributed by atoms with Crippen molar-refractivity contribution in [3.8, 4) is 11.4 Å². The molecule has 4 rings (SSSR count). The lowest BCUT2D eigenvalue weighted by Gasteiger charge is -2.33. The van der Waals surface area contributed by atoms with Crippen LogP contribution in [0.4, 0.5) is 0 Å². The Morgan fingerprint density at radius 2 is 1.71 bits per heavy atom. The summed E-state index contributed by atoms with van der Waals surface area (Å²) in [5, 5.41) is 4.10. The third kappa shape index (κ3) is 5.27. The second-order valence-corrected chi connectivity index (χ2v) is 8.17. The van der Waals surface area contributed by atoms with Crippen molar-refractivity contribution >= 4 is 12.0 Å². The maximum atomic E-state index is 12.6. The summed E-state index contributed by atoms with van der Waals surface area (Å²) in [6.07, 6.45) is 3.59. The molecule has 1 aliphatic heterocycles. The summed E-state index contributed by atoms with van der Waals surface area (Å²) in [7, 11) is 0. The van der Waals surface area contributed by atoms with Gasteiger partial charge in [-0.3, -0.25) is 9.69 Å². The van der Waals surface area contributed by atoms with E-state index >= 15 is 0 Å². The van der Waals surface area contributed by atoms with Crippen molar-refractivity contribution < 1.29 is 9.32 Å². The van der Waals surface area contributed by atoms with E-state index in [1.54, 1.807) is 6.08 Å². The molecule has 1 fully saturated rings. The van der Waals surface area contributed by atoms with Crippen LogP contribution in [-0.4, -0.2) is 52.0 Å². The molecule has 0 spiro atoms. The zero-order valence-electron chi connectivity index (χ0n) is 18.3. The lowest BCUT2D eigenvalue weighted by molar-refractivity contribution is -0.127. The number of hydrogen-bond donors (Lipinski definition) is 0. The van der Waals surface area contributed by atoms with E-state index in [-0.39, 0.29) is 5.91 Å². The molecule has 0 bridgehead atoms. The lowest BCUT2D eigenvalue weighted by atomic mass is 10.1. The number of nitrogens with zero attached hydrogens (tertiary/aromatic N) is 4. The summed E-state index contributed by atoms with van der Waals surface area (Å²) >= 11 is 0. The van der Waals surface area contributed by atoms with Crippen molar-refractivity contribution in [1.29, 1.82) is 0 Å². The van der Waals surface area contributed by atoms with Gasteiger partial charge in [-0.05, 0) is 38.0 Å². The molecule has 0 radical (unpaired) electrons. The molecular weight excluding hydrogens is 388 g/mol. The van der Waals surface area contributed by atoms with Crippen molar-refractivity contribution in [1.82, 2.24) is 19.9 Å². The number of benzene rings is 2. The van der Waals surface area contributed by atoms with E-state index in [4.69, 9.17) is 4.52 Å². The van der Waals surface area contributed by atoms with Crippen LogP contribution in [0.25, 0.3) is 17.5 Å². The highest BCUT2D eigenvalue weighted by Gasteiger charge is 2.21. The monoisotopic (exact) mass is 416 g/mol. The average molecular weight is 417 g/mol. The van der Waals surface area contributed by atoms with Crippen molar-refractivity contribution in [3.05, 3.63) is 76.7 Å². The van der Waals surface area contributed by atoms with Crippen LogP contribution in [0.5, 0.6) is 0 Å². The van der Waals surface area contributed by atoms with Crippen LogP contribution < -0.4 is 0 Å². The fourth-order valence-electron chi connectivity index (χ4n) is 3.74. The molecule has 6 heteroatoms. The molecule has 0 atom stereocenters. The van der Waals surface area contributed by atoms with Crippen LogP contribution in [-0.2, 0) is 11.3 Å². The van der Waals surface area contributed by atoms with E-state index in [9.17, 15) is 4.79 Å². The third-order valence-corrected chi connectivity index (χ3v) is 5.65. The Morgan fingerprint density at radius 1 is 1.00 bits per heavy atom. The summed E-state index contributed by atoms with van der Waals surface area (Å²) in [6.45, 7) is 9.73. The lowest BCUT2D eigenvalue weighted by Crippen LogP contribution is -2.47. The molecule has 0 N–H and O–H groups in total. The van der Waals surface area contributed by atoms with E-state index in [1.165, 1.54) is 16.7 Å². The molecular formula is C25H28N4O2. The molecule has 6 nitrogen and oxygen atoms in total. The normalized spacial score (nSPS) is 15.0. The van der Waals surface area contributed by atoms with Gasteiger partial charge >= 0.3 is 0 Å². The second-order valence-electron chi connectivity index (χ2n) is 8.17. The maximum Gasteiger partial charge on any atom is 0.246 e. The standard InChI is InChI=1S/C25H28N4O2/c1-18-4-8-22(9-5-18)25-26-23(31-27-25)17-28-12-14-29(15-13-28)24(30)11-10-21-7-6-19(2)16-20(21)3/h4-11,16H,12-15,17H2,1-3H3/b11-10+. The number of aryl methyl sites for hydroxylation is 3. The number of amides is 1. The highest BCUT2D eigenvalue weighted by molar-refractivity contribution is 5.92. The fraction of sp³-hybridized carbons (Fsp3) is 0.320. The van der Waals surface area contributed by atoms with Crippen LogP contribution in [0.15, 0.2) is 53.1 Å². The molecule has 0 unspecified atom stereocenters. The van der Waals surface area contributed by atoms with Crippen LogP contribution in [0.1, 0.15) is 28.1 Å². The first-order chi connectivity index (χ1) is 15.0. The SMILES string of the molecule is Cc1ccc(-c2noc(CN3CCN(C(=O)/C=C/c4ccc(C)cc4C)CC3)n2)cc1. The highest BCUT2D eigenvalue weighted by Crippen LogP contribution is 2.18. The number of hydrogen-bond acceptors (Lipinski definition) is 5. The van der Waals surface area contributed by atoms with Crippen LogP contribution in [0, 0.1) is 20.8 Å². The largest absolute Gasteiger partial charge is 0.338 e. The van der Waals surface area contributed by atoms with Crippen LogP contribution in [0.3, 0.4) is 0 Å². The summed E-state index contributed by atoms with van der Waals surface area (Å²) in [5.41, 5.74) is 5.64. The Morgan fingerprint density at radius 3 is 2.42 bits per heavy atom. The predicted molar refractivity (Wildman–Crippen MR) is 121 cm³/mol. The minimum Gasteiger partial charge on any atom is -0.338 e. The van der Waals surface area contributed by atoms with Crippen molar-refractivity contribution in [2.24, 2.45) is 0 Å². The van der Waals surface area contributed by atoms with Gasteiger partial charge in [-0.1, -0.05) is 58.7 Å². The smallest absolute Gasteiger partial charge is 0.246 e. The van der Waals surface area contributed by atoms with Crippen molar-refractivity contribution in [2.75, 3.05) is 26.2 Å². The number of carbonyl (C=O) groups is 1. The van der Waals surface area contributed by atoms with Gasteiger partial charge in [0.25, 0.3) is 0 Å². The van der Waals surface area contributed by atoms with Gasteiger partial charge in [0, 0.05) is 37.8 Å². The Hall–Kier alpha value is -3.25. The topological polar surface area (TPSA) is 62.5 Å². The zero-order chi connectivity index (χ0) is 21.8. The highest BCUT2D eigenvalue weighted by atomic mass is 16.5. The zero-order valence-corrected chi connectivity index (χ0v) is 18.3. The number of piperazine rings is 1. The molecule has 2 aromatic carbocycles. The summed E-state index contributed by atoms with van der Waals surface area (Å²) < 4.78 is 5.44. The third-order valence-electron chi connectivity index (χ3n) is 5.65. The quantitative estimate of drug-likeness (QED) is 0.588. The number of aromatic nitrogens is 2. The predicted octanol–water partition coefficient (Wildman–Crippen LogP) is 4.02. The maximum absolute atomic E-state index is 12.6. The minimum absolute atomic E-state index is 0.0547. The van der Waals surface area contributed by atoms with Gasteiger partial charge in [0.2, 0.25) is 17.6 Å². The fourth-order valence-corrected chi connectivity index (χ4v) is 3.74. The molecule has 0 aliphatic carbocycles. The Balaban J connectivity index is 1.29. The van der Waals surface area contributed by atoms with E-state index < -0.39 is 0 Å². The van der Waals surface area contributed by atoms with Gasteiger partial charge in [0.05, 0.1) is 6.54 Å². The number of rotatable bonds is 5. The number of carbonyl (C=O) groups excluding carboxylic acids is 1. The molecule has 31 heavy (non-hydrogen) atoms. The Labute approximate surface area is 183 Å². The second kappa shape index (κ2) is 9.27. The Bertz CT molecular complexity index is 1080. The molecule has 0 saturated carbocycles. The molecule has 1 saturated heterocycles. The summed E-state index contributed by atoms with van der Waals surface area (Å²) in [4.78, 5) is 21.2. The molecule has 1 aromatic heterocycles. The van der Waals surface area contributed by atoms with Gasteiger partial charge in [0.15, 0.2) is 0 Å². The first kappa shape index (κ1) is 21.0. The van der Waals surface area contributed by atoms with Crippen molar-refractivity contribution in [3.63, 3.8) is 0 Å². The molecule has 1 amide bonds. The van der Waals surface area contributed by atoms with Gasteiger partial charge in [-0.15, -0.1) is 0 Å². The molecule has 160 valence electrons. The molecule has 3 aromatic rings. The minimum atomic E-state index is 0.0547. The van der Waals surface area contributed by atoms with E-state index in [1.807, 2.05) is 35.2 Å². The summed E-state index contributed by atoms with van der Waals surface area (Å²) in [5.74, 6) is 1.27. The van der Waals surface area contributed by atoms with E-state index in [0.717, 1.165) is 24.2 Å². The van der Waals surface area contributed by atoms with E-state index in [0.29, 0.717) is 31.3 Å². The average Bonchev–Trinajstić information content (AvgIpc) is 3.22. The van der Waals surface area contributed by atoms with Crippen LogP contribution in [0.2, 0.25) is 0 Å². The first-order valence-electron chi connectivity index (χ1n) is 10.6. The van der Waals surface area contributed by atoms with Crippen LogP contribution >= 0.6 is 0 Å². The summed E-state index contributed by atoms with van der Waals surface area (Å²) in [6, 6.07) is 14.3. The molecule has 1 aliphatic rings. The Kier molecular flexibility index (Phi) is 6.28. The van der Waals surface area contributed by atoms with Gasteiger partial charge in [-0.25, -0.2) is 0 Å². The van der Waals surface area contributed by atoms with E-state index in [2.05, 4.69) is 54.0 Å². The van der Waals surface area contributed by atoms with Gasteiger partial charge in [-0.2, -0.15) is 4.98 Å². The van der Waals surface area contributed by atoms with Crippen molar-refractivity contribution in [2.45, 2.75) is 27.3 Å². The van der Waals surface area contributed by atoms with Gasteiger partial charge < -0.3 is 9.42 Å². The van der Waals surface area contributed by atoms with Gasteiger partial charge in [0.1, 0.15) is 0 Å².